The highest BCUT2D eigenvalue weighted by atomic mass is 32.1. The Bertz CT molecular complexity index is 516. The van der Waals surface area contributed by atoms with E-state index in [2.05, 4.69) is 25.7 Å². The van der Waals surface area contributed by atoms with Crippen molar-refractivity contribution in [1.82, 2.24) is 4.90 Å². The molecule has 108 valence electrons. The third kappa shape index (κ3) is 3.62. The SMILES string of the molecule is CC(C)C1CCN(C(=O)c2ccc(C#CCO)s2)CC1. The van der Waals surface area contributed by atoms with Crippen LogP contribution in [0.15, 0.2) is 12.1 Å². The van der Waals surface area contributed by atoms with Crippen molar-refractivity contribution >= 4 is 17.2 Å². The second-order valence-electron chi connectivity index (χ2n) is 5.50. The number of piperidine rings is 1. The van der Waals surface area contributed by atoms with E-state index in [1.54, 1.807) is 0 Å². The maximum absolute atomic E-state index is 12.4. The molecule has 1 amide bonds. The topological polar surface area (TPSA) is 40.5 Å². The van der Waals surface area contributed by atoms with E-state index in [-0.39, 0.29) is 12.5 Å². The normalized spacial score (nSPS) is 16.1. The molecular weight excluding hydrogens is 270 g/mol. The number of nitrogens with zero attached hydrogens (tertiary/aromatic N) is 1. The molecule has 2 heterocycles. The minimum absolute atomic E-state index is 0.120. The zero-order valence-corrected chi connectivity index (χ0v) is 12.9. The van der Waals surface area contributed by atoms with Gasteiger partial charge in [0.2, 0.25) is 0 Å². The lowest BCUT2D eigenvalue weighted by Crippen LogP contribution is -2.39. The number of carbonyl (C=O) groups excluding carboxylic acids is 1. The van der Waals surface area contributed by atoms with Gasteiger partial charge in [-0.2, -0.15) is 0 Å². The Morgan fingerprint density at radius 1 is 1.45 bits per heavy atom. The third-order valence-corrected chi connectivity index (χ3v) is 4.87. The number of aliphatic hydroxyl groups is 1. The van der Waals surface area contributed by atoms with E-state index in [1.807, 2.05) is 17.0 Å². The van der Waals surface area contributed by atoms with Gasteiger partial charge in [-0.25, -0.2) is 0 Å². The van der Waals surface area contributed by atoms with Gasteiger partial charge < -0.3 is 10.0 Å². The summed E-state index contributed by atoms with van der Waals surface area (Å²) in [5.74, 6) is 7.01. The highest BCUT2D eigenvalue weighted by Crippen LogP contribution is 2.26. The first-order valence-electron chi connectivity index (χ1n) is 7.10. The van der Waals surface area contributed by atoms with Crippen LogP contribution in [0.1, 0.15) is 41.2 Å². The summed E-state index contributed by atoms with van der Waals surface area (Å²) >= 11 is 1.41. The van der Waals surface area contributed by atoms with Crippen molar-refractivity contribution in [2.45, 2.75) is 26.7 Å². The molecule has 3 nitrogen and oxygen atoms in total. The zero-order valence-electron chi connectivity index (χ0n) is 12.1. The van der Waals surface area contributed by atoms with Gasteiger partial charge in [0.25, 0.3) is 5.91 Å². The van der Waals surface area contributed by atoms with Gasteiger partial charge >= 0.3 is 0 Å². The molecule has 1 saturated heterocycles. The van der Waals surface area contributed by atoms with Crippen molar-refractivity contribution in [2.24, 2.45) is 11.8 Å². The lowest BCUT2D eigenvalue weighted by Gasteiger charge is -2.33. The molecule has 1 N–H and O–H groups in total. The highest BCUT2D eigenvalue weighted by Gasteiger charge is 2.25. The molecule has 20 heavy (non-hydrogen) atoms. The number of thiophene rings is 1. The van der Waals surface area contributed by atoms with E-state index in [9.17, 15) is 4.79 Å². The Morgan fingerprint density at radius 3 is 2.75 bits per heavy atom. The van der Waals surface area contributed by atoms with Crippen molar-refractivity contribution < 1.29 is 9.90 Å². The average Bonchev–Trinajstić information content (AvgIpc) is 2.93. The molecule has 0 bridgehead atoms. The monoisotopic (exact) mass is 291 g/mol. The Labute approximate surface area is 124 Å². The molecule has 0 aromatic carbocycles. The summed E-state index contributed by atoms with van der Waals surface area (Å²) < 4.78 is 0. The van der Waals surface area contributed by atoms with Gasteiger partial charge in [-0.3, -0.25) is 4.79 Å². The summed E-state index contributed by atoms with van der Waals surface area (Å²) in [5, 5.41) is 8.67. The Morgan fingerprint density at radius 2 is 2.15 bits per heavy atom. The number of carbonyl (C=O) groups is 1. The quantitative estimate of drug-likeness (QED) is 0.851. The smallest absolute Gasteiger partial charge is 0.263 e. The van der Waals surface area contributed by atoms with Crippen molar-refractivity contribution in [2.75, 3.05) is 19.7 Å². The van der Waals surface area contributed by atoms with E-state index in [0.29, 0.717) is 5.92 Å². The van der Waals surface area contributed by atoms with Gasteiger partial charge in [0.05, 0.1) is 9.75 Å². The third-order valence-electron chi connectivity index (χ3n) is 3.88. The fourth-order valence-electron chi connectivity index (χ4n) is 2.57. The number of hydrogen-bond acceptors (Lipinski definition) is 3. The first kappa shape index (κ1) is 15.1. The number of rotatable bonds is 2. The molecule has 2 rings (SSSR count). The summed E-state index contributed by atoms with van der Waals surface area (Å²) in [5.41, 5.74) is 0. The molecule has 1 aromatic rings. The van der Waals surface area contributed by atoms with Crippen LogP contribution in [0.2, 0.25) is 0 Å². The first-order valence-corrected chi connectivity index (χ1v) is 7.92. The van der Waals surface area contributed by atoms with Gasteiger partial charge in [-0.1, -0.05) is 25.7 Å². The molecule has 1 aliphatic rings. The van der Waals surface area contributed by atoms with Crippen molar-refractivity contribution in [1.29, 1.82) is 0 Å². The molecule has 4 heteroatoms. The molecular formula is C16H21NO2S. The lowest BCUT2D eigenvalue weighted by molar-refractivity contribution is 0.0672. The maximum Gasteiger partial charge on any atom is 0.263 e. The second-order valence-corrected chi connectivity index (χ2v) is 6.58. The largest absolute Gasteiger partial charge is 0.384 e. The fourth-order valence-corrected chi connectivity index (χ4v) is 3.42. The van der Waals surface area contributed by atoms with E-state index in [1.165, 1.54) is 11.3 Å². The molecule has 0 saturated carbocycles. The summed E-state index contributed by atoms with van der Waals surface area (Å²) in [6, 6.07) is 3.68. The number of amides is 1. The van der Waals surface area contributed by atoms with Gasteiger partial charge in [-0.05, 0) is 36.8 Å². The van der Waals surface area contributed by atoms with Crippen LogP contribution in [0.5, 0.6) is 0 Å². The predicted molar refractivity (Wildman–Crippen MR) is 81.7 cm³/mol. The molecule has 0 radical (unpaired) electrons. The van der Waals surface area contributed by atoms with E-state index >= 15 is 0 Å². The molecule has 1 aliphatic heterocycles. The van der Waals surface area contributed by atoms with Gasteiger partial charge in [0.15, 0.2) is 0 Å². The number of aliphatic hydroxyl groups excluding tert-OH is 1. The summed E-state index contributed by atoms with van der Waals surface area (Å²) in [4.78, 5) is 15.9. The van der Waals surface area contributed by atoms with Crippen molar-refractivity contribution in [3.8, 4) is 11.8 Å². The Kier molecular flexibility index (Phi) is 5.22. The van der Waals surface area contributed by atoms with Crippen LogP contribution < -0.4 is 0 Å². The molecule has 0 aliphatic carbocycles. The minimum Gasteiger partial charge on any atom is -0.384 e. The molecule has 0 unspecified atom stereocenters. The van der Waals surface area contributed by atoms with Crippen LogP contribution in [-0.2, 0) is 0 Å². The van der Waals surface area contributed by atoms with E-state index in [0.717, 1.165) is 41.6 Å². The van der Waals surface area contributed by atoms with Crippen LogP contribution in [0.25, 0.3) is 0 Å². The average molecular weight is 291 g/mol. The van der Waals surface area contributed by atoms with E-state index < -0.39 is 0 Å². The molecule has 1 aromatic heterocycles. The number of hydrogen-bond donors (Lipinski definition) is 1. The van der Waals surface area contributed by atoms with Crippen LogP contribution in [0.4, 0.5) is 0 Å². The van der Waals surface area contributed by atoms with Crippen LogP contribution in [0, 0.1) is 23.7 Å². The zero-order chi connectivity index (χ0) is 14.5. The summed E-state index contributed by atoms with van der Waals surface area (Å²) in [7, 11) is 0. The van der Waals surface area contributed by atoms with E-state index in [4.69, 9.17) is 5.11 Å². The van der Waals surface area contributed by atoms with Gasteiger partial charge in [0, 0.05) is 13.1 Å². The number of likely N-dealkylation sites (tertiary alicyclic amines) is 1. The van der Waals surface area contributed by atoms with Gasteiger partial charge in [0.1, 0.15) is 6.61 Å². The summed E-state index contributed by atoms with van der Waals surface area (Å²) in [6.07, 6.45) is 2.21. The standard InChI is InChI=1S/C16H21NO2S/c1-12(2)13-7-9-17(10-8-13)16(19)15-6-5-14(20-15)4-3-11-18/h5-6,12-13,18H,7-11H2,1-2H3. The maximum atomic E-state index is 12.4. The molecule has 1 fully saturated rings. The minimum atomic E-state index is -0.149. The van der Waals surface area contributed by atoms with Crippen molar-refractivity contribution in [3.05, 3.63) is 21.9 Å². The predicted octanol–water partition coefficient (Wildman–Crippen LogP) is 2.60. The first-order chi connectivity index (χ1) is 9.61. The van der Waals surface area contributed by atoms with Crippen LogP contribution in [0.3, 0.4) is 0 Å². The van der Waals surface area contributed by atoms with Crippen LogP contribution in [-0.4, -0.2) is 35.6 Å². The van der Waals surface area contributed by atoms with Crippen LogP contribution >= 0.6 is 11.3 Å². The lowest BCUT2D eigenvalue weighted by atomic mass is 9.87. The fraction of sp³-hybridized carbons (Fsp3) is 0.562. The highest BCUT2D eigenvalue weighted by molar-refractivity contribution is 7.14. The molecule has 0 spiro atoms. The van der Waals surface area contributed by atoms with Gasteiger partial charge in [-0.15, -0.1) is 11.3 Å². The molecule has 0 atom stereocenters. The Hall–Kier alpha value is -1.31. The van der Waals surface area contributed by atoms with Crippen molar-refractivity contribution in [3.63, 3.8) is 0 Å². The summed E-state index contributed by atoms with van der Waals surface area (Å²) in [6.45, 7) is 6.08. The second kappa shape index (κ2) is 6.92. The Balaban J connectivity index is 1.97.